The Hall–Kier alpha value is -1.96. The van der Waals surface area contributed by atoms with Gasteiger partial charge in [-0.2, -0.15) is 0 Å². The molecule has 2 rings (SSSR count). The van der Waals surface area contributed by atoms with Crippen molar-refractivity contribution < 1.29 is 19.1 Å². The van der Waals surface area contributed by atoms with Crippen LogP contribution in [0.1, 0.15) is 39.8 Å². The highest BCUT2D eigenvalue weighted by Crippen LogP contribution is 2.27. The van der Waals surface area contributed by atoms with Crippen LogP contribution in [0.5, 0.6) is 0 Å². The Balaban J connectivity index is 1.93. The number of anilines is 1. The first-order valence-electron chi connectivity index (χ1n) is 7.92. The number of ether oxygens (including phenoxy) is 1. The zero-order valence-electron chi connectivity index (χ0n) is 14.4. The van der Waals surface area contributed by atoms with Gasteiger partial charge in [-0.15, -0.1) is 11.3 Å². The third-order valence-corrected chi connectivity index (χ3v) is 4.52. The molecule has 1 fully saturated rings. The minimum absolute atomic E-state index is 0.00945. The molecule has 0 radical (unpaired) electrons. The number of likely N-dealkylation sites (tertiary alicyclic amines) is 1. The van der Waals surface area contributed by atoms with Crippen LogP contribution in [0, 0.1) is 5.92 Å². The Morgan fingerprint density at radius 3 is 2.75 bits per heavy atom. The number of thiazole rings is 1. The summed E-state index contributed by atoms with van der Waals surface area (Å²) >= 11 is 1.25. The van der Waals surface area contributed by atoms with E-state index in [0.29, 0.717) is 24.0 Å². The van der Waals surface area contributed by atoms with Gasteiger partial charge in [0.25, 0.3) is 0 Å². The van der Waals surface area contributed by atoms with Crippen molar-refractivity contribution in [2.75, 3.05) is 18.5 Å². The predicted molar refractivity (Wildman–Crippen MR) is 90.7 cm³/mol. The molecule has 0 bridgehead atoms. The number of aromatic nitrogens is 1. The number of amides is 2. The van der Waals surface area contributed by atoms with Gasteiger partial charge in [-0.1, -0.05) is 0 Å². The lowest BCUT2D eigenvalue weighted by atomic mass is 10.1. The fraction of sp³-hybridized carbons (Fsp3) is 0.625. The van der Waals surface area contributed by atoms with Crippen molar-refractivity contribution in [1.82, 2.24) is 9.88 Å². The number of rotatable bonds is 5. The van der Waals surface area contributed by atoms with E-state index in [4.69, 9.17) is 4.74 Å². The molecule has 1 N–H and O–H groups in total. The second kappa shape index (κ2) is 7.29. The van der Waals surface area contributed by atoms with E-state index >= 15 is 0 Å². The van der Waals surface area contributed by atoms with Crippen LogP contribution >= 0.6 is 11.3 Å². The van der Waals surface area contributed by atoms with E-state index in [0.717, 1.165) is 0 Å². The van der Waals surface area contributed by atoms with Gasteiger partial charge in [-0.25, -0.2) is 4.98 Å². The first-order valence-corrected chi connectivity index (χ1v) is 8.80. The van der Waals surface area contributed by atoms with Crippen molar-refractivity contribution in [2.45, 2.75) is 46.1 Å². The summed E-state index contributed by atoms with van der Waals surface area (Å²) in [5.74, 6) is -0.950. The molecule has 1 aromatic rings. The number of nitrogens with one attached hydrogen (secondary N) is 1. The molecule has 1 atom stereocenters. The quantitative estimate of drug-likeness (QED) is 0.816. The van der Waals surface area contributed by atoms with E-state index in [9.17, 15) is 14.4 Å². The van der Waals surface area contributed by atoms with Crippen LogP contribution in [-0.2, 0) is 25.5 Å². The van der Waals surface area contributed by atoms with Gasteiger partial charge < -0.3 is 15.0 Å². The van der Waals surface area contributed by atoms with Gasteiger partial charge in [0.2, 0.25) is 11.8 Å². The summed E-state index contributed by atoms with van der Waals surface area (Å²) < 4.78 is 4.87. The minimum atomic E-state index is -0.380. The fourth-order valence-corrected chi connectivity index (χ4v) is 3.26. The second-order valence-corrected chi connectivity index (χ2v) is 7.55. The Morgan fingerprint density at radius 1 is 1.46 bits per heavy atom. The Morgan fingerprint density at radius 2 is 2.17 bits per heavy atom. The number of hydrogen-bond acceptors (Lipinski definition) is 6. The molecule has 132 valence electrons. The van der Waals surface area contributed by atoms with Crippen LogP contribution in [0.25, 0.3) is 0 Å². The van der Waals surface area contributed by atoms with Gasteiger partial charge in [-0.3, -0.25) is 14.4 Å². The van der Waals surface area contributed by atoms with Gasteiger partial charge in [0.15, 0.2) is 5.13 Å². The number of esters is 1. The minimum Gasteiger partial charge on any atom is -0.466 e. The van der Waals surface area contributed by atoms with Crippen LogP contribution in [0.2, 0.25) is 0 Å². The van der Waals surface area contributed by atoms with Crippen LogP contribution in [0.15, 0.2) is 5.38 Å². The molecule has 1 aromatic heterocycles. The van der Waals surface area contributed by atoms with E-state index in [1.807, 2.05) is 20.8 Å². The third kappa shape index (κ3) is 4.53. The second-order valence-electron chi connectivity index (χ2n) is 6.69. The summed E-state index contributed by atoms with van der Waals surface area (Å²) in [5, 5.41) is 4.89. The molecule has 1 unspecified atom stereocenters. The van der Waals surface area contributed by atoms with E-state index in [1.54, 1.807) is 17.2 Å². The monoisotopic (exact) mass is 353 g/mol. The van der Waals surface area contributed by atoms with Crippen molar-refractivity contribution in [3.63, 3.8) is 0 Å². The summed E-state index contributed by atoms with van der Waals surface area (Å²) in [6, 6.07) is 0. The van der Waals surface area contributed by atoms with Crippen LogP contribution in [0.3, 0.4) is 0 Å². The Labute approximate surface area is 145 Å². The average molecular weight is 353 g/mol. The molecular formula is C16H23N3O4S. The number of nitrogens with zero attached hydrogens (tertiary/aromatic N) is 2. The molecular weight excluding hydrogens is 330 g/mol. The molecule has 2 heterocycles. The maximum Gasteiger partial charge on any atom is 0.311 e. The van der Waals surface area contributed by atoms with Gasteiger partial charge >= 0.3 is 5.97 Å². The van der Waals surface area contributed by atoms with E-state index in [2.05, 4.69) is 10.3 Å². The van der Waals surface area contributed by atoms with Crippen molar-refractivity contribution in [2.24, 2.45) is 5.92 Å². The van der Waals surface area contributed by atoms with Crippen molar-refractivity contribution >= 4 is 34.3 Å². The molecule has 1 saturated heterocycles. The lowest BCUT2D eigenvalue weighted by Crippen LogP contribution is -2.42. The zero-order valence-corrected chi connectivity index (χ0v) is 15.2. The van der Waals surface area contributed by atoms with E-state index < -0.39 is 0 Å². The Kier molecular flexibility index (Phi) is 5.58. The predicted octanol–water partition coefficient (Wildman–Crippen LogP) is 1.83. The smallest absolute Gasteiger partial charge is 0.311 e. The van der Waals surface area contributed by atoms with Crippen molar-refractivity contribution in [3.05, 3.63) is 11.1 Å². The maximum atomic E-state index is 12.4. The number of carbonyl (C=O) groups is 3. The molecule has 0 saturated carbocycles. The molecule has 0 aliphatic carbocycles. The van der Waals surface area contributed by atoms with E-state index in [-0.39, 0.29) is 42.1 Å². The summed E-state index contributed by atoms with van der Waals surface area (Å²) in [4.78, 5) is 41.8. The van der Waals surface area contributed by atoms with Crippen molar-refractivity contribution in [3.8, 4) is 0 Å². The van der Waals surface area contributed by atoms with Gasteiger partial charge in [0.1, 0.15) is 0 Å². The first-order chi connectivity index (χ1) is 11.2. The Bertz CT molecular complexity index is 636. The molecule has 24 heavy (non-hydrogen) atoms. The molecule has 0 aromatic carbocycles. The van der Waals surface area contributed by atoms with Crippen LogP contribution in [0.4, 0.5) is 5.13 Å². The summed E-state index contributed by atoms with van der Waals surface area (Å²) in [5.41, 5.74) is 0.271. The topological polar surface area (TPSA) is 88.6 Å². The summed E-state index contributed by atoms with van der Waals surface area (Å²) in [7, 11) is 0. The first kappa shape index (κ1) is 18.4. The number of carbonyl (C=O) groups excluding carboxylic acids is 3. The summed E-state index contributed by atoms with van der Waals surface area (Å²) in [6.07, 6.45) is 0.296. The van der Waals surface area contributed by atoms with Gasteiger partial charge in [-0.05, 0) is 27.7 Å². The molecule has 8 heteroatoms. The highest BCUT2D eigenvalue weighted by molar-refractivity contribution is 7.13. The fourth-order valence-electron chi connectivity index (χ4n) is 2.54. The normalized spacial score (nSPS) is 17.9. The van der Waals surface area contributed by atoms with Crippen LogP contribution < -0.4 is 5.32 Å². The lowest BCUT2D eigenvalue weighted by Gasteiger charge is -2.31. The number of hydrogen-bond donors (Lipinski definition) is 1. The van der Waals surface area contributed by atoms with Gasteiger partial charge in [0.05, 0.1) is 24.6 Å². The zero-order chi connectivity index (χ0) is 17.9. The standard InChI is InChI=1S/C16H23N3O4S/c1-5-23-13(21)7-11-9-24-15(17-11)18-14(22)10-6-12(20)19(8-10)16(2,3)4/h9-10H,5-8H2,1-4H3,(H,17,18,22). The highest BCUT2D eigenvalue weighted by atomic mass is 32.1. The lowest BCUT2D eigenvalue weighted by molar-refractivity contribution is -0.142. The third-order valence-electron chi connectivity index (χ3n) is 3.72. The maximum absolute atomic E-state index is 12.4. The highest BCUT2D eigenvalue weighted by Gasteiger charge is 2.39. The average Bonchev–Trinajstić information content (AvgIpc) is 3.05. The molecule has 1 aliphatic heterocycles. The molecule has 1 aliphatic rings. The molecule has 7 nitrogen and oxygen atoms in total. The van der Waals surface area contributed by atoms with Gasteiger partial charge in [0, 0.05) is 23.9 Å². The largest absolute Gasteiger partial charge is 0.466 e. The van der Waals surface area contributed by atoms with E-state index in [1.165, 1.54) is 11.3 Å². The molecule has 2 amide bonds. The molecule has 0 spiro atoms. The van der Waals surface area contributed by atoms with Crippen molar-refractivity contribution in [1.29, 1.82) is 0 Å². The van der Waals surface area contributed by atoms with Crippen LogP contribution in [-0.4, -0.2) is 46.4 Å². The summed E-state index contributed by atoms with van der Waals surface area (Å²) in [6.45, 7) is 8.34. The SMILES string of the molecule is CCOC(=O)Cc1csc(NC(=O)C2CC(=O)N(C(C)(C)C)C2)n1.